The van der Waals surface area contributed by atoms with Gasteiger partial charge in [-0.05, 0) is 34.9 Å². The first kappa shape index (κ1) is 31.4. The van der Waals surface area contributed by atoms with Gasteiger partial charge in [-0.3, -0.25) is 0 Å². The predicted molar refractivity (Wildman–Crippen MR) is 134 cm³/mol. The Labute approximate surface area is 225 Å². The average molecular weight is 472 g/mol. The second-order valence-corrected chi connectivity index (χ2v) is 10.9. The Morgan fingerprint density at radius 1 is 0.781 bits per heavy atom. The van der Waals surface area contributed by atoms with Crippen molar-refractivity contribution in [1.29, 1.82) is 0 Å². The molecule has 0 radical (unpaired) electrons. The van der Waals surface area contributed by atoms with Gasteiger partial charge in [-0.2, -0.15) is 0 Å². The van der Waals surface area contributed by atoms with Crippen molar-refractivity contribution >= 4 is 29.6 Å². The molecule has 3 nitrogen and oxygen atoms in total. The molecule has 0 aromatic heterocycles. The predicted octanol–water partition coefficient (Wildman–Crippen LogP) is 2.43. The summed E-state index contributed by atoms with van der Waals surface area (Å²) in [5, 5.41) is 0. The molecule has 0 atom stereocenters. The minimum atomic E-state index is 0. The van der Waals surface area contributed by atoms with Crippen LogP contribution >= 0.6 is 0 Å². The monoisotopic (exact) mass is 471 g/mol. The van der Waals surface area contributed by atoms with Gasteiger partial charge < -0.3 is 26.4 Å². The maximum absolute atomic E-state index is 5.87. The zero-order valence-electron chi connectivity index (χ0n) is 20.6. The molecule has 0 saturated carbocycles. The molecule has 32 heavy (non-hydrogen) atoms. The van der Waals surface area contributed by atoms with Gasteiger partial charge >= 0.3 is 29.6 Å². The summed E-state index contributed by atoms with van der Waals surface area (Å²) < 4.78 is 12.6. The van der Waals surface area contributed by atoms with Crippen LogP contribution in [0.15, 0.2) is 54.6 Å². The van der Waals surface area contributed by atoms with Gasteiger partial charge in [0.05, 0.1) is 27.3 Å². The molecule has 176 valence electrons. The van der Waals surface area contributed by atoms with E-state index in [0.717, 1.165) is 36.3 Å². The maximum atomic E-state index is 5.87. The fraction of sp³-hybridized carbons (Fsp3) is 0.556. The third-order valence-electron chi connectivity index (χ3n) is 5.40. The van der Waals surface area contributed by atoms with E-state index in [1.54, 1.807) is 0 Å². The van der Waals surface area contributed by atoms with Crippen LogP contribution in [0, 0.1) is 5.41 Å². The van der Waals surface area contributed by atoms with E-state index < -0.39 is 0 Å². The molecular formula is C27H43ClNNaO2. The van der Waals surface area contributed by atoms with E-state index in [1.165, 1.54) is 11.1 Å². The molecule has 0 fully saturated rings. The van der Waals surface area contributed by atoms with Crippen LogP contribution in [0.25, 0.3) is 0 Å². The number of nitrogens with zero attached hydrogens (tertiary/aromatic N) is 1. The van der Waals surface area contributed by atoms with E-state index >= 15 is 0 Å². The summed E-state index contributed by atoms with van der Waals surface area (Å²) in [7, 11) is 4.49. The average Bonchev–Trinajstić information content (AvgIpc) is 2.63. The SMILES string of the molecule is CC(C)(C)CC(C)(C)c1ccc(OCCOCC[N+](C)(C)Cc2ccccc2)cc1.[Cl-].[NaH]. The van der Waals surface area contributed by atoms with Crippen LogP contribution in [0.2, 0.25) is 0 Å². The number of benzene rings is 2. The van der Waals surface area contributed by atoms with Crippen molar-refractivity contribution in [3.63, 3.8) is 0 Å². The van der Waals surface area contributed by atoms with Crippen LogP contribution in [0.1, 0.15) is 52.2 Å². The van der Waals surface area contributed by atoms with Gasteiger partial charge in [-0.1, -0.05) is 77.1 Å². The summed E-state index contributed by atoms with van der Waals surface area (Å²) in [5.41, 5.74) is 3.19. The second-order valence-electron chi connectivity index (χ2n) is 10.9. The molecule has 5 heteroatoms. The van der Waals surface area contributed by atoms with E-state index in [2.05, 4.69) is 103 Å². The summed E-state index contributed by atoms with van der Waals surface area (Å²) in [4.78, 5) is 0. The summed E-state index contributed by atoms with van der Waals surface area (Å²) in [5.74, 6) is 0.911. The summed E-state index contributed by atoms with van der Waals surface area (Å²) in [6.07, 6.45) is 1.15. The first-order valence-electron chi connectivity index (χ1n) is 11.1. The number of halogens is 1. The van der Waals surface area contributed by atoms with E-state index in [1.807, 2.05) is 0 Å². The van der Waals surface area contributed by atoms with Crippen molar-refractivity contribution in [3.8, 4) is 5.75 Å². The third kappa shape index (κ3) is 12.1. The minimum absolute atomic E-state index is 0. The van der Waals surface area contributed by atoms with Gasteiger partial charge in [0.1, 0.15) is 25.4 Å². The normalized spacial score (nSPS) is 12.0. The van der Waals surface area contributed by atoms with Gasteiger partial charge in [0.15, 0.2) is 0 Å². The first-order chi connectivity index (χ1) is 14.0. The summed E-state index contributed by atoms with van der Waals surface area (Å²) in [6.45, 7) is 15.5. The zero-order valence-corrected chi connectivity index (χ0v) is 21.3. The molecule has 0 N–H and O–H groups in total. The van der Waals surface area contributed by atoms with Crippen LogP contribution in [0.3, 0.4) is 0 Å². The van der Waals surface area contributed by atoms with Gasteiger partial charge in [0, 0.05) is 5.56 Å². The number of hydrogen-bond acceptors (Lipinski definition) is 2. The fourth-order valence-electron chi connectivity index (χ4n) is 4.22. The molecule has 0 aliphatic rings. The fourth-order valence-corrected chi connectivity index (χ4v) is 4.22. The van der Waals surface area contributed by atoms with Crippen LogP contribution < -0.4 is 17.1 Å². The molecular weight excluding hydrogens is 429 g/mol. The molecule has 0 heterocycles. The van der Waals surface area contributed by atoms with Gasteiger partial charge in [-0.15, -0.1) is 0 Å². The topological polar surface area (TPSA) is 18.5 Å². The molecule has 2 aromatic rings. The molecule has 0 bridgehead atoms. The molecule has 2 aromatic carbocycles. The Bertz CT molecular complexity index is 755. The Kier molecular flexibility index (Phi) is 13.7. The summed E-state index contributed by atoms with van der Waals surface area (Å²) >= 11 is 0. The second kappa shape index (κ2) is 14.0. The van der Waals surface area contributed by atoms with E-state index in [-0.39, 0.29) is 47.4 Å². The Hall–Kier alpha value is -0.550. The van der Waals surface area contributed by atoms with Crippen molar-refractivity contribution in [2.45, 2.75) is 53.0 Å². The van der Waals surface area contributed by atoms with Crippen molar-refractivity contribution in [2.75, 3.05) is 40.5 Å². The first-order valence-corrected chi connectivity index (χ1v) is 11.1. The molecule has 0 unspecified atom stereocenters. The Morgan fingerprint density at radius 3 is 1.94 bits per heavy atom. The number of hydrogen-bond donors (Lipinski definition) is 0. The van der Waals surface area contributed by atoms with Gasteiger partial charge in [0.25, 0.3) is 0 Å². The van der Waals surface area contributed by atoms with Crippen LogP contribution in [-0.4, -0.2) is 74.5 Å². The van der Waals surface area contributed by atoms with Crippen molar-refractivity contribution in [1.82, 2.24) is 0 Å². The number of quaternary nitrogens is 1. The molecule has 0 aliphatic carbocycles. The van der Waals surface area contributed by atoms with Gasteiger partial charge in [0.2, 0.25) is 0 Å². The van der Waals surface area contributed by atoms with Crippen molar-refractivity contribution < 1.29 is 26.4 Å². The van der Waals surface area contributed by atoms with E-state index in [9.17, 15) is 0 Å². The standard InChI is InChI=1S/C27H42NO2.ClH.Na.H/c1-26(2,3)22-27(4,5)24-13-15-25(16-14-24)30-20-19-29-18-17-28(6,7)21-23-11-9-8-10-12-23;;;/h8-16H,17-22H2,1-7H3;1H;;/q+1;;;/p-1. The van der Waals surface area contributed by atoms with Crippen LogP contribution in [0.4, 0.5) is 0 Å². The van der Waals surface area contributed by atoms with E-state index in [0.29, 0.717) is 18.6 Å². The zero-order chi connectivity index (χ0) is 22.3. The van der Waals surface area contributed by atoms with Crippen LogP contribution in [-0.2, 0) is 16.7 Å². The number of ether oxygens (including phenoxy) is 2. The van der Waals surface area contributed by atoms with Gasteiger partial charge in [-0.25, -0.2) is 0 Å². The van der Waals surface area contributed by atoms with Crippen molar-refractivity contribution in [3.05, 3.63) is 65.7 Å². The Balaban J connectivity index is 0.00000480. The number of rotatable bonds is 11. The quantitative estimate of drug-likeness (QED) is 0.285. The van der Waals surface area contributed by atoms with E-state index in [4.69, 9.17) is 9.47 Å². The molecule has 2 rings (SSSR count). The van der Waals surface area contributed by atoms with Crippen molar-refractivity contribution in [2.24, 2.45) is 5.41 Å². The molecule has 0 aliphatic heterocycles. The third-order valence-corrected chi connectivity index (χ3v) is 5.40. The van der Waals surface area contributed by atoms with Crippen LogP contribution in [0.5, 0.6) is 5.75 Å². The Morgan fingerprint density at radius 2 is 1.38 bits per heavy atom. The number of likely N-dealkylation sites (N-methyl/N-ethyl adjacent to an activating group) is 1. The summed E-state index contributed by atoms with van der Waals surface area (Å²) in [6, 6.07) is 19.2. The molecule has 0 amide bonds. The molecule has 0 spiro atoms. The molecule has 0 saturated heterocycles.